The number of aromatic nitrogens is 1. The van der Waals surface area contributed by atoms with Crippen molar-refractivity contribution in [1.29, 1.82) is 0 Å². The molecule has 0 aliphatic rings. The number of hydrogen-bond acceptors (Lipinski definition) is 4. The summed E-state index contributed by atoms with van der Waals surface area (Å²) in [5, 5.41) is 4.71. The highest BCUT2D eigenvalue weighted by molar-refractivity contribution is 7.15. The first-order chi connectivity index (χ1) is 9.51. The second-order valence-electron chi connectivity index (χ2n) is 5.92. The summed E-state index contributed by atoms with van der Waals surface area (Å²) < 4.78 is 0. The van der Waals surface area contributed by atoms with Crippen LogP contribution in [0.5, 0.6) is 0 Å². The first-order valence-electron chi connectivity index (χ1n) is 7.98. The minimum atomic E-state index is 0.495. The van der Waals surface area contributed by atoms with Gasteiger partial charge in [0, 0.05) is 24.0 Å². The van der Waals surface area contributed by atoms with Crippen LogP contribution in [0.2, 0.25) is 0 Å². The van der Waals surface area contributed by atoms with E-state index in [0.717, 1.165) is 26.1 Å². The average Bonchev–Trinajstić information content (AvgIpc) is 2.80. The Morgan fingerprint density at radius 3 is 2.35 bits per heavy atom. The number of rotatable bonds is 9. The maximum Gasteiger partial charge on any atom is 0.186 e. The molecular formula is C16H31N3S. The fourth-order valence-corrected chi connectivity index (χ4v) is 3.59. The van der Waals surface area contributed by atoms with E-state index in [0.29, 0.717) is 12.0 Å². The summed E-state index contributed by atoms with van der Waals surface area (Å²) in [6, 6.07) is 0.512. The number of hydrogen-bond donors (Lipinski definition) is 1. The zero-order valence-electron chi connectivity index (χ0n) is 14.0. The van der Waals surface area contributed by atoms with Gasteiger partial charge in [-0.25, -0.2) is 4.98 Å². The molecule has 1 aromatic heterocycles. The second-order valence-corrected chi connectivity index (χ2v) is 6.99. The summed E-state index contributed by atoms with van der Waals surface area (Å²) in [6.07, 6.45) is 2.34. The van der Waals surface area contributed by atoms with Crippen molar-refractivity contribution in [2.75, 3.05) is 18.0 Å². The molecule has 0 spiro atoms. The van der Waals surface area contributed by atoms with Gasteiger partial charge in [-0.2, -0.15) is 0 Å². The third-order valence-electron chi connectivity index (χ3n) is 3.31. The SMILES string of the molecule is CCCNCc1sc(N(CCC)C(C)C)nc1C(C)C. The van der Waals surface area contributed by atoms with Crippen molar-refractivity contribution in [3.05, 3.63) is 10.6 Å². The largest absolute Gasteiger partial charge is 0.346 e. The Bertz CT molecular complexity index is 385. The van der Waals surface area contributed by atoms with Crippen LogP contribution in [0.1, 0.15) is 70.9 Å². The zero-order chi connectivity index (χ0) is 15.1. The highest BCUT2D eigenvalue weighted by Crippen LogP contribution is 2.31. The zero-order valence-corrected chi connectivity index (χ0v) is 14.8. The highest BCUT2D eigenvalue weighted by Gasteiger charge is 2.19. The number of nitrogens with zero attached hydrogens (tertiary/aromatic N) is 2. The van der Waals surface area contributed by atoms with Crippen molar-refractivity contribution in [3.8, 4) is 0 Å². The molecule has 0 saturated heterocycles. The van der Waals surface area contributed by atoms with Crippen molar-refractivity contribution in [3.63, 3.8) is 0 Å². The molecule has 0 bridgehead atoms. The predicted octanol–water partition coefficient (Wildman–Crippen LogP) is 4.39. The first kappa shape index (κ1) is 17.4. The summed E-state index contributed by atoms with van der Waals surface area (Å²) in [5.41, 5.74) is 1.27. The van der Waals surface area contributed by atoms with Crippen molar-refractivity contribution in [2.45, 2.75) is 72.9 Å². The van der Waals surface area contributed by atoms with Crippen LogP contribution in [-0.4, -0.2) is 24.1 Å². The van der Waals surface area contributed by atoms with E-state index in [2.05, 4.69) is 51.8 Å². The van der Waals surface area contributed by atoms with E-state index in [-0.39, 0.29) is 0 Å². The van der Waals surface area contributed by atoms with Crippen LogP contribution >= 0.6 is 11.3 Å². The fourth-order valence-electron chi connectivity index (χ4n) is 2.25. The second kappa shape index (κ2) is 8.63. The highest BCUT2D eigenvalue weighted by atomic mass is 32.1. The van der Waals surface area contributed by atoms with Crippen molar-refractivity contribution < 1.29 is 0 Å². The number of thiazole rings is 1. The van der Waals surface area contributed by atoms with E-state index in [9.17, 15) is 0 Å². The lowest BCUT2D eigenvalue weighted by Crippen LogP contribution is -2.31. The molecule has 0 aliphatic heterocycles. The summed E-state index contributed by atoms with van der Waals surface area (Å²) >= 11 is 1.87. The normalized spacial score (nSPS) is 11.6. The summed E-state index contributed by atoms with van der Waals surface area (Å²) in [5.74, 6) is 0.495. The molecule has 0 saturated carbocycles. The van der Waals surface area contributed by atoms with Gasteiger partial charge in [-0.3, -0.25) is 0 Å². The summed E-state index contributed by atoms with van der Waals surface area (Å²) in [4.78, 5) is 8.77. The quantitative estimate of drug-likeness (QED) is 0.685. The lowest BCUT2D eigenvalue weighted by atomic mass is 10.1. The molecular weight excluding hydrogens is 266 g/mol. The average molecular weight is 298 g/mol. The van der Waals surface area contributed by atoms with E-state index < -0.39 is 0 Å². The van der Waals surface area contributed by atoms with Gasteiger partial charge in [-0.15, -0.1) is 11.3 Å². The minimum Gasteiger partial charge on any atom is -0.346 e. The molecule has 1 rings (SSSR count). The van der Waals surface area contributed by atoms with Gasteiger partial charge in [0.05, 0.1) is 5.69 Å². The van der Waals surface area contributed by atoms with Crippen molar-refractivity contribution >= 4 is 16.5 Å². The van der Waals surface area contributed by atoms with E-state index in [4.69, 9.17) is 4.98 Å². The molecule has 116 valence electrons. The smallest absolute Gasteiger partial charge is 0.186 e. The van der Waals surface area contributed by atoms with E-state index in [1.54, 1.807) is 0 Å². The molecule has 3 nitrogen and oxygen atoms in total. The Morgan fingerprint density at radius 1 is 1.15 bits per heavy atom. The van der Waals surface area contributed by atoms with Gasteiger partial charge >= 0.3 is 0 Å². The molecule has 0 atom stereocenters. The van der Waals surface area contributed by atoms with Crippen LogP contribution in [0.4, 0.5) is 5.13 Å². The van der Waals surface area contributed by atoms with Crippen LogP contribution in [0.15, 0.2) is 0 Å². The summed E-state index contributed by atoms with van der Waals surface area (Å²) in [7, 11) is 0. The lowest BCUT2D eigenvalue weighted by Gasteiger charge is -2.25. The van der Waals surface area contributed by atoms with Gasteiger partial charge in [-0.1, -0.05) is 27.7 Å². The molecule has 1 N–H and O–H groups in total. The molecule has 0 amide bonds. The molecule has 1 heterocycles. The van der Waals surface area contributed by atoms with Crippen LogP contribution in [-0.2, 0) is 6.54 Å². The Morgan fingerprint density at radius 2 is 1.85 bits per heavy atom. The molecule has 20 heavy (non-hydrogen) atoms. The van der Waals surface area contributed by atoms with Gasteiger partial charge in [-0.05, 0) is 39.2 Å². The van der Waals surface area contributed by atoms with Crippen LogP contribution < -0.4 is 10.2 Å². The first-order valence-corrected chi connectivity index (χ1v) is 8.79. The van der Waals surface area contributed by atoms with E-state index >= 15 is 0 Å². The lowest BCUT2D eigenvalue weighted by molar-refractivity contribution is 0.661. The number of nitrogens with one attached hydrogen (secondary N) is 1. The van der Waals surface area contributed by atoms with Crippen molar-refractivity contribution in [2.24, 2.45) is 0 Å². The van der Waals surface area contributed by atoms with Gasteiger partial charge in [0.1, 0.15) is 0 Å². The molecule has 0 aromatic carbocycles. The van der Waals surface area contributed by atoms with Crippen LogP contribution in [0, 0.1) is 0 Å². The maximum absolute atomic E-state index is 4.93. The van der Waals surface area contributed by atoms with Crippen molar-refractivity contribution in [1.82, 2.24) is 10.3 Å². The predicted molar refractivity (Wildman–Crippen MR) is 91.0 cm³/mol. The van der Waals surface area contributed by atoms with Crippen LogP contribution in [0.3, 0.4) is 0 Å². The number of anilines is 1. The molecule has 0 fully saturated rings. The molecule has 4 heteroatoms. The van der Waals surface area contributed by atoms with E-state index in [1.165, 1.54) is 22.1 Å². The monoisotopic (exact) mass is 297 g/mol. The molecule has 1 aromatic rings. The standard InChI is InChI=1S/C16H31N3S/c1-7-9-17-11-14-15(12(3)4)18-16(20-14)19(10-8-2)13(5)6/h12-13,17H,7-11H2,1-6H3. The Balaban J connectivity index is 2.94. The van der Waals surface area contributed by atoms with Crippen LogP contribution in [0.25, 0.3) is 0 Å². The molecule has 0 radical (unpaired) electrons. The van der Waals surface area contributed by atoms with Gasteiger partial charge < -0.3 is 10.2 Å². The maximum atomic E-state index is 4.93. The Kier molecular flexibility index (Phi) is 7.52. The third kappa shape index (κ3) is 4.74. The topological polar surface area (TPSA) is 28.2 Å². The molecule has 0 aliphatic carbocycles. The van der Waals surface area contributed by atoms with Gasteiger partial charge in [0.25, 0.3) is 0 Å². The summed E-state index contributed by atoms with van der Waals surface area (Å²) in [6.45, 7) is 16.5. The van der Waals surface area contributed by atoms with Gasteiger partial charge in [0.15, 0.2) is 5.13 Å². The Labute approximate surface area is 128 Å². The van der Waals surface area contributed by atoms with Gasteiger partial charge in [0.2, 0.25) is 0 Å². The Hall–Kier alpha value is -0.610. The fraction of sp³-hybridized carbons (Fsp3) is 0.812. The van der Waals surface area contributed by atoms with E-state index in [1.807, 2.05) is 11.3 Å². The third-order valence-corrected chi connectivity index (χ3v) is 4.42. The molecule has 0 unspecified atom stereocenters. The minimum absolute atomic E-state index is 0.495.